The quantitative estimate of drug-likeness (QED) is 0.557. The molecule has 2 heterocycles. The molecular weight excluding hydrogens is 388 g/mol. The number of aromatic nitrogens is 3. The van der Waals surface area contributed by atoms with Crippen LogP contribution in [0.25, 0.3) is 11.3 Å². The van der Waals surface area contributed by atoms with E-state index in [2.05, 4.69) is 31.7 Å². The minimum atomic E-state index is -0.602. The van der Waals surface area contributed by atoms with Gasteiger partial charge in [0.05, 0.1) is 17.5 Å². The maximum absolute atomic E-state index is 10.2. The summed E-state index contributed by atoms with van der Waals surface area (Å²) in [5.74, 6) is 0.980. The number of aliphatic hydroxyl groups is 1. The molecule has 7 nitrogen and oxygen atoms in total. The third-order valence-corrected chi connectivity index (χ3v) is 5.69. The largest absolute Gasteiger partial charge is 0.390 e. The van der Waals surface area contributed by atoms with E-state index in [1.54, 1.807) is 6.20 Å². The minimum absolute atomic E-state index is 0.179. The zero-order chi connectivity index (χ0) is 21.7. The Bertz CT molecular complexity index is 1070. The average Bonchev–Trinajstić information content (AvgIpc) is 2.80. The summed E-state index contributed by atoms with van der Waals surface area (Å²) in [7, 11) is 0. The van der Waals surface area contributed by atoms with Crippen molar-refractivity contribution in [1.82, 2.24) is 15.0 Å². The van der Waals surface area contributed by atoms with Gasteiger partial charge in [-0.15, -0.1) is 0 Å². The highest BCUT2D eigenvalue weighted by Crippen LogP contribution is 2.30. The van der Waals surface area contributed by atoms with Gasteiger partial charge in [-0.1, -0.05) is 36.4 Å². The van der Waals surface area contributed by atoms with E-state index in [-0.39, 0.29) is 6.04 Å². The molecule has 1 aromatic carbocycles. The van der Waals surface area contributed by atoms with Gasteiger partial charge in [-0.05, 0) is 44.2 Å². The molecule has 1 aliphatic carbocycles. The molecule has 0 aliphatic heterocycles. The monoisotopic (exact) mass is 414 g/mol. The first-order valence-corrected chi connectivity index (χ1v) is 10.5. The summed E-state index contributed by atoms with van der Waals surface area (Å²) in [6.45, 7) is 2.38. The summed E-state index contributed by atoms with van der Waals surface area (Å²) < 4.78 is 0. The molecule has 2 aromatic heterocycles. The fraction of sp³-hybridized carbons (Fsp3) is 0.333. The van der Waals surface area contributed by atoms with E-state index in [0.717, 1.165) is 42.5 Å². The lowest BCUT2D eigenvalue weighted by Gasteiger charge is -2.33. The summed E-state index contributed by atoms with van der Waals surface area (Å²) in [4.78, 5) is 13.4. The van der Waals surface area contributed by atoms with Crippen LogP contribution in [-0.4, -0.2) is 31.7 Å². The number of hydrogen-bond acceptors (Lipinski definition) is 7. The molecule has 31 heavy (non-hydrogen) atoms. The maximum Gasteiger partial charge on any atom is 0.224 e. The predicted octanol–water partition coefficient (Wildman–Crippen LogP) is 4.13. The highest BCUT2D eigenvalue weighted by Gasteiger charge is 2.29. The molecule has 4 rings (SSSR count). The average molecular weight is 415 g/mol. The van der Waals surface area contributed by atoms with Crippen LogP contribution in [-0.2, 0) is 6.54 Å². The third kappa shape index (κ3) is 5.16. The summed E-state index contributed by atoms with van der Waals surface area (Å²) in [5, 5.41) is 26.3. The van der Waals surface area contributed by atoms with Crippen molar-refractivity contribution >= 4 is 11.8 Å². The second-order valence-corrected chi connectivity index (χ2v) is 8.21. The first-order valence-electron chi connectivity index (χ1n) is 10.5. The highest BCUT2D eigenvalue weighted by molar-refractivity contribution is 5.63. The Hall–Kier alpha value is -3.50. The van der Waals surface area contributed by atoms with Gasteiger partial charge in [0.2, 0.25) is 5.95 Å². The van der Waals surface area contributed by atoms with Crippen molar-refractivity contribution in [2.24, 2.45) is 0 Å². The van der Waals surface area contributed by atoms with Gasteiger partial charge in [0, 0.05) is 24.3 Å². The van der Waals surface area contributed by atoms with Crippen LogP contribution in [0.5, 0.6) is 0 Å². The zero-order valence-corrected chi connectivity index (χ0v) is 17.5. The molecular formula is C24H26N6O. The van der Waals surface area contributed by atoms with E-state index in [9.17, 15) is 10.4 Å². The molecule has 3 aromatic rings. The van der Waals surface area contributed by atoms with Crippen molar-refractivity contribution < 1.29 is 5.11 Å². The Balaban J connectivity index is 1.48. The fourth-order valence-corrected chi connectivity index (χ4v) is 3.85. The van der Waals surface area contributed by atoms with Gasteiger partial charge in [0.1, 0.15) is 17.5 Å². The molecule has 158 valence electrons. The van der Waals surface area contributed by atoms with Crippen molar-refractivity contribution in [3.63, 3.8) is 0 Å². The standard InChI is InChI=1S/C24H26N6O/c1-24(31)11-9-20(10-12-24)29-22-19(14-25)16-28-23(30-22)27-15-18-8-5-13-26-21(18)17-6-3-2-4-7-17/h2-8,13,16,20,31H,9-12,15H2,1H3,(H2,27,28,29,30)/t20-,24+. The SMILES string of the molecule is C[C@]1(O)CC[C@@H](Nc2nc(NCc3cccnc3-c3ccccc3)ncc2C#N)CC1. The van der Waals surface area contributed by atoms with Crippen molar-refractivity contribution in [1.29, 1.82) is 5.26 Å². The van der Waals surface area contributed by atoms with Crippen LogP contribution in [0.15, 0.2) is 54.9 Å². The Morgan fingerprint density at radius 1 is 1.13 bits per heavy atom. The van der Waals surface area contributed by atoms with Crippen molar-refractivity contribution in [2.45, 2.75) is 50.8 Å². The van der Waals surface area contributed by atoms with Gasteiger partial charge >= 0.3 is 0 Å². The van der Waals surface area contributed by atoms with Gasteiger partial charge in [0.25, 0.3) is 0 Å². The van der Waals surface area contributed by atoms with Gasteiger partial charge < -0.3 is 15.7 Å². The third-order valence-electron chi connectivity index (χ3n) is 5.69. The summed E-state index contributed by atoms with van der Waals surface area (Å²) in [6, 6.07) is 16.3. The van der Waals surface area contributed by atoms with Crippen LogP contribution in [0.3, 0.4) is 0 Å². The fourth-order valence-electron chi connectivity index (χ4n) is 3.85. The Morgan fingerprint density at radius 3 is 2.65 bits per heavy atom. The number of nitrogens with one attached hydrogen (secondary N) is 2. The molecule has 1 aliphatic rings. The van der Waals surface area contributed by atoms with Gasteiger partial charge in [-0.25, -0.2) is 4.98 Å². The van der Waals surface area contributed by atoms with E-state index >= 15 is 0 Å². The van der Waals surface area contributed by atoms with Gasteiger partial charge in [-0.3, -0.25) is 4.98 Å². The number of rotatable bonds is 6. The number of hydrogen-bond donors (Lipinski definition) is 3. The van der Waals surface area contributed by atoms with E-state index in [1.807, 2.05) is 49.4 Å². The smallest absolute Gasteiger partial charge is 0.224 e. The normalized spacial score (nSPS) is 20.6. The van der Waals surface area contributed by atoms with Gasteiger partial charge in [-0.2, -0.15) is 10.2 Å². The molecule has 0 spiro atoms. The molecule has 1 fully saturated rings. The molecule has 0 amide bonds. The Kier molecular flexibility index (Phi) is 6.10. The second-order valence-electron chi connectivity index (χ2n) is 8.21. The van der Waals surface area contributed by atoms with Crippen molar-refractivity contribution in [3.8, 4) is 17.3 Å². The lowest BCUT2D eigenvalue weighted by atomic mass is 9.83. The molecule has 0 bridgehead atoms. The lowest BCUT2D eigenvalue weighted by molar-refractivity contribution is 0.0196. The van der Waals surface area contributed by atoms with Crippen LogP contribution >= 0.6 is 0 Å². The molecule has 0 saturated heterocycles. The molecule has 3 N–H and O–H groups in total. The molecule has 7 heteroatoms. The predicted molar refractivity (Wildman–Crippen MR) is 120 cm³/mol. The number of nitriles is 1. The minimum Gasteiger partial charge on any atom is -0.390 e. The van der Waals surface area contributed by atoms with E-state index in [0.29, 0.717) is 23.9 Å². The molecule has 0 atom stereocenters. The summed E-state index contributed by atoms with van der Waals surface area (Å²) in [5.41, 5.74) is 2.81. The van der Waals surface area contributed by atoms with Crippen molar-refractivity contribution in [2.75, 3.05) is 10.6 Å². The molecule has 1 saturated carbocycles. The van der Waals surface area contributed by atoms with Crippen LogP contribution in [0.1, 0.15) is 43.7 Å². The van der Waals surface area contributed by atoms with Gasteiger partial charge in [0.15, 0.2) is 0 Å². The molecule has 0 radical (unpaired) electrons. The number of nitrogens with zero attached hydrogens (tertiary/aromatic N) is 4. The van der Waals surface area contributed by atoms with Crippen LogP contribution < -0.4 is 10.6 Å². The molecule has 0 unspecified atom stereocenters. The van der Waals surface area contributed by atoms with Crippen molar-refractivity contribution in [3.05, 3.63) is 66.0 Å². The zero-order valence-electron chi connectivity index (χ0n) is 17.5. The highest BCUT2D eigenvalue weighted by atomic mass is 16.3. The Morgan fingerprint density at radius 2 is 1.90 bits per heavy atom. The van der Waals surface area contributed by atoms with Crippen LogP contribution in [0.4, 0.5) is 11.8 Å². The number of anilines is 2. The summed E-state index contributed by atoms with van der Waals surface area (Å²) >= 11 is 0. The van der Waals surface area contributed by atoms with Crippen LogP contribution in [0.2, 0.25) is 0 Å². The van der Waals surface area contributed by atoms with E-state index < -0.39 is 5.60 Å². The first kappa shape index (κ1) is 20.8. The summed E-state index contributed by atoms with van der Waals surface area (Å²) in [6.07, 6.45) is 6.45. The lowest BCUT2D eigenvalue weighted by Crippen LogP contribution is -2.36. The maximum atomic E-state index is 10.2. The first-order chi connectivity index (χ1) is 15.0. The Labute approximate surface area is 182 Å². The van der Waals surface area contributed by atoms with E-state index in [4.69, 9.17) is 0 Å². The number of pyridine rings is 1. The van der Waals surface area contributed by atoms with Crippen LogP contribution in [0, 0.1) is 11.3 Å². The topological polar surface area (TPSA) is 107 Å². The number of benzene rings is 1. The van der Waals surface area contributed by atoms with E-state index in [1.165, 1.54) is 6.20 Å². The second kappa shape index (κ2) is 9.11.